The van der Waals surface area contributed by atoms with Crippen molar-refractivity contribution in [2.24, 2.45) is 0 Å². The molecule has 2 N–H and O–H groups in total. The number of benzene rings is 2. The molecule has 0 saturated carbocycles. The van der Waals surface area contributed by atoms with Gasteiger partial charge in [-0.05, 0) is 66.8 Å². The van der Waals surface area contributed by atoms with Crippen LogP contribution in [0.25, 0.3) is 0 Å². The van der Waals surface area contributed by atoms with Crippen LogP contribution in [0.1, 0.15) is 17.5 Å². The van der Waals surface area contributed by atoms with Crippen molar-refractivity contribution in [1.29, 1.82) is 0 Å². The second-order valence-corrected chi connectivity index (χ2v) is 8.37. The summed E-state index contributed by atoms with van der Waals surface area (Å²) in [6, 6.07) is 9.38. The van der Waals surface area contributed by atoms with Crippen LogP contribution in [-0.4, -0.2) is 34.0 Å². The van der Waals surface area contributed by atoms with Gasteiger partial charge in [-0.25, -0.2) is 12.8 Å². The van der Waals surface area contributed by atoms with Crippen molar-refractivity contribution in [3.63, 3.8) is 0 Å². The smallest absolute Gasteiger partial charge is 0.406 e. The number of anilines is 1. The largest absolute Gasteiger partial charge is 0.573 e. The Bertz CT molecular complexity index is 947. The lowest BCUT2D eigenvalue weighted by Gasteiger charge is -2.26. The maximum Gasteiger partial charge on any atom is 0.573 e. The number of rotatable bonds is 7. The summed E-state index contributed by atoms with van der Waals surface area (Å²) in [5, 5.41) is 3.14. The first kappa shape index (κ1) is 21.4. The highest BCUT2D eigenvalue weighted by atomic mass is 32.2. The quantitative estimate of drug-likeness (QED) is 0.653. The van der Waals surface area contributed by atoms with E-state index in [2.05, 4.69) is 14.8 Å². The second kappa shape index (κ2) is 8.58. The number of aryl methyl sites for hydroxylation is 1. The van der Waals surface area contributed by atoms with E-state index in [0.717, 1.165) is 54.7 Å². The first-order chi connectivity index (χ1) is 13.7. The van der Waals surface area contributed by atoms with Crippen molar-refractivity contribution in [2.45, 2.75) is 36.6 Å². The topological polar surface area (TPSA) is 67.4 Å². The fourth-order valence-corrected chi connectivity index (χ4v) is 4.34. The molecule has 10 heteroatoms. The normalized spacial score (nSPS) is 16.9. The van der Waals surface area contributed by atoms with Crippen LogP contribution in [0, 0.1) is 0 Å². The maximum atomic E-state index is 12.5. The molecule has 0 aromatic heterocycles. The number of hydrogen-bond donors (Lipinski definition) is 2. The van der Waals surface area contributed by atoms with E-state index >= 15 is 0 Å². The zero-order chi connectivity index (χ0) is 21.1. The van der Waals surface area contributed by atoms with E-state index in [9.17, 15) is 26.0 Å². The van der Waals surface area contributed by atoms with Gasteiger partial charge in [0.15, 0.2) is 0 Å². The summed E-state index contributed by atoms with van der Waals surface area (Å²) in [4.78, 5) is -0.180. The average molecular weight is 432 g/mol. The molecule has 0 amide bonds. The van der Waals surface area contributed by atoms with Crippen LogP contribution < -0.4 is 14.8 Å². The van der Waals surface area contributed by atoms with Crippen molar-refractivity contribution >= 4 is 15.7 Å². The summed E-state index contributed by atoms with van der Waals surface area (Å²) in [5.74, 6) is -0.499. The van der Waals surface area contributed by atoms with E-state index < -0.39 is 28.8 Å². The predicted molar refractivity (Wildman–Crippen MR) is 100 cm³/mol. The number of sulfonamides is 1. The highest BCUT2D eigenvalue weighted by molar-refractivity contribution is 7.92. The molecule has 1 aliphatic carbocycles. The van der Waals surface area contributed by atoms with Crippen LogP contribution >= 0.6 is 0 Å². The van der Waals surface area contributed by atoms with Crippen molar-refractivity contribution < 1.29 is 30.7 Å². The summed E-state index contributed by atoms with van der Waals surface area (Å²) in [6.07, 6.45) is -2.55. The van der Waals surface area contributed by atoms with Gasteiger partial charge in [0.2, 0.25) is 0 Å². The van der Waals surface area contributed by atoms with Gasteiger partial charge in [-0.15, -0.1) is 13.2 Å². The summed E-state index contributed by atoms with van der Waals surface area (Å²) >= 11 is 0. The van der Waals surface area contributed by atoms with Gasteiger partial charge in [0.1, 0.15) is 12.4 Å². The molecule has 2 aromatic rings. The van der Waals surface area contributed by atoms with Crippen LogP contribution in [0.4, 0.5) is 23.2 Å². The minimum atomic E-state index is -4.85. The third-order valence-corrected chi connectivity index (χ3v) is 5.98. The van der Waals surface area contributed by atoms with Crippen molar-refractivity contribution in [1.82, 2.24) is 5.32 Å². The molecule has 158 valence electrons. The maximum absolute atomic E-state index is 12.5. The Labute approximate surface area is 166 Å². The van der Waals surface area contributed by atoms with Gasteiger partial charge in [0, 0.05) is 18.3 Å². The van der Waals surface area contributed by atoms with Crippen molar-refractivity contribution in [2.75, 3.05) is 17.9 Å². The SMILES string of the molecule is O=S(=O)(Nc1ccc2c(c1)CCC(NCCF)C2)c1ccc(OC(F)(F)F)cc1. The fourth-order valence-electron chi connectivity index (χ4n) is 3.29. The lowest BCUT2D eigenvalue weighted by atomic mass is 9.88. The van der Waals surface area contributed by atoms with Gasteiger partial charge in [0.05, 0.1) is 4.90 Å². The molecule has 1 unspecified atom stereocenters. The Morgan fingerprint density at radius 1 is 1.07 bits per heavy atom. The highest BCUT2D eigenvalue weighted by Crippen LogP contribution is 2.27. The minimum Gasteiger partial charge on any atom is -0.406 e. The summed E-state index contributed by atoms with van der Waals surface area (Å²) < 4.78 is 80.2. The molecule has 5 nitrogen and oxygen atoms in total. The fraction of sp³-hybridized carbons (Fsp3) is 0.368. The standard InChI is InChI=1S/C19H20F4N2O3S/c20-9-10-24-15-3-1-14-12-16(4-2-13(14)11-15)25-29(26,27)18-7-5-17(6-8-18)28-19(21,22)23/h2,4-8,12,15,24-25H,1,3,9-11H2. The Balaban J connectivity index is 1.69. The predicted octanol–water partition coefficient (Wildman–Crippen LogP) is 3.80. The summed E-state index contributed by atoms with van der Waals surface area (Å²) in [5.41, 5.74) is 2.45. The van der Waals surface area contributed by atoms with Crippen molar-refractivity contribution in [3.8, 4) is 5.75 Å². The molecule has 29 heavy (non-hydrogen) atoms. The van der Waals surface area contributed by atoms with Crippen molar-refractivity contribution in [3.05, 3.63) is 53.6 Å². The molecule has 0 aliphatic heterocycles. The monoisotopic (exact) mass is 432 g/mol. The van der Waals surface area contributed by atoms with Gasteiger partial charge in [-0.1, -0.05) is 6.07 Å². The number of alkyl halides is 4. The molecular formula is C19H20F4N2O3S. The van der Waals surface area contributed by atoms with Gasteiger partial charge in [0.25, 0.3) is 10.0 Å². The third kappa shape index (κ3) is 5.83. The first-order valence-electron chi connectivity index (χ1n) is 8.96. The van der Waals surface area contributed by atoms with E-state index in [-0.39, 0.29) is 10.9 Å². The highest BCUT2D eigenvalue weighted by Gasteiger charge is 2.31. The summed E-state index contributed by atoms with van der Waals surface area (Å²) in [7, 11) is -3.96. The Kier molecular flexibility index (Phi) is 6.33. The van der Waals surface area contributed by atoms with Gasteiger partial charge in [-0.2, -0.15) is 0 Å². The number of hydrogen-bond acceptors (Lipinski definition) is 4. The molecule has 3 rings (SSSR count). The lowest BCUT2D eigenvalue weighted by molar-refractivity contribution is -0.274. The first-order valence-corrected chi connectivity index (χ1v) is 10.4. The van der Waals surface area contributed by atoms with Crippen LogP contribution in [0.15, 0.2) is 47.4 Å². The van der Waals surface area contributed by atoms with Crippen LogP contribution in [0.3, 0.4) is 0 Å². The van der Waals surface area contributed by atoms with E-state index in [0.29, 0.717) is 12.2 Å². The van der Waals surface area contributed by atoms with E-state index in [1.807, 2.05) is 6.07 Å². The molecule has 1 atom stereocenters. The van der Waals surface area contributed by atoms with Gasteiger partial charge < -0.3 is 10.1 Å². The Hall–Kier alpha value is -2.33. The molecule has 0 bridgehead atoms. The Morgan fingerprint density at radius 2 is 1.79 bits per heavy atom. The molecule has 0 radical (unpaired) electrons. The number of fused-ring (bicyclic) bond motifs is 1. The van der Waals surface area contributed by atoms with Crippen LogP contribution in [-0.2, 0) is 22.9 Å². The minimum absolute atomic E-state index is 0.180. The Morgan fingerprint density at radius 3 is 2.45 bits per heavy atom. The zero-order valence-corrected chi connectivity index (χ0v) is 16.1. The zero-order valence-electron chi connectivity index (χ0n) is 15.3. The number of nitrogens with one attached hydrogen (secondary N) is 2. The molecule has 0 saturated heterocycles. The molecule has 0 fully saturated rings. The number of ether oxygens (including phenoxy) is 1. The molecular weight excluding hydrogens is 412 g/mol. The molecule has 2 aromatic carbocycles. The molecule has 0 heterocycles. The lowest BCUT2D eigenvalue weighted by Crippen LogP contribution is -2.35. The van der Waals surface area contributed by atoms with E-state index in [1.54, 1.807) is 12.1 Å². The van der Waals surface area contributed by atoms with Gasteiger partial charge >= 0.3 is 6.36 Å². The summed E-state index contributed by atoms with van der Waals surface area (Å²) in [6.45, 7) is -0.113. The van der Waals surface area contributed by atoms with Crippen LogP contribution in [0.5, 0.6) is 5.75 Å². The average Bonchev–Trinajstić information content (AvgIpc) is 2.65. The van der Waals surface area contributed by atoms with Gasteiger partial charge in [-0.3, -0.25) is 4.72 Å². The third-order valence-electron chi connectivity index (χ3n) is 4.58. The van der Waals surface area contributed by atoms with Crippen LogP contribution in [0.2, 0.25) is 0 Å². The number of halogens is 4. The molecule has 0 spiro atoms. The molecule has 1 aliphatic rings. The van der Waals surface area contributed by atoms with E-state index in [4.69, 9.17) is 0 Å². The van der Waals surface area contributed by atoms with E-state index in [1.165, 1.54) is 0 Å². The second-order valence-electron chi connectivity index (χ2n) is 6.69.